The van der Waals surface area contributed by atoms with Gasteiger partial charge in [0.15, 0.2) is 0 Å². The molecule has 0 aliphatic heterocycles. The Balaban J connectivity index is 2.91. The second-order valence-electron chi connectivity index (χ2n) is 4.61. The first-order chi connectivity index (χ1) is 8.47. The van der Waals surface area contributed by atoms with Gasteiger partial charge in [-0.1, -0.05) is 0 Å². The molecule has 0 spiro atoms. The van der Waals surface area contributed by atoms with Crippen LogP contribution in [0.25, 0.3) is 0 Å². The molecule has 18 heavy (non-hydrogen) atoms. The second-order valence-corrected chi connectivity index (χ2v) is 5.52. The molecule has 1 heterocycles. The molecule has 0 saturated heterocycles. The van der Waals surface area contributed by atoms with E-state index < -0.39 is 6.10 Å². The Labute approximate surface area is 112 Å². The topological polar surface area (TPSA) is 49.8 Å². The molecule has 1 atom stereocenters. The van der Waals surface area contributed by atoms with Crippen LogP contribution in [0.1, 0.15) is 36.0 Å². The van der Waals surface area contributed by atoms with Gasteiger partial charge in [-0.25, -0.2) is 0 Å². The van der Waals surface area contributed by atoms with Crippen molar-refractivity contribution in [1.29, 1.82) is 0 Å². The summed E-state index contributed by atoms with van der Waals surface area (Å²) in [7, 11) is 1.61. The normalized spacial score (nSPS) is 12.8. The van der Waals surface area contributed by atoms with Crippen molar-refractivity contribution in [2.75, 3.05) is 13.7 Å². The number of hydrogen-bond acceptors (Lipinski definition) is 4. The highest BCUT2D eigenvalue weighted by Crippen LogP contribution is 2.21. The van der Waals surface area contributed by atoms with Crippen LogP contribution in [0.4, 0.5) is 0 Å². The summed E-state index contributed by atoms with van der Waals surface area (Å²) < 4.78 is 5.08. The fourth-order valence-corrected chi connectivity index (χ4v) is 2.60. The molecule has 0 aliphatic carbocycles. The van der Waals surface area contributed by atoms with Gasteiger partial charge in [-0.2, -0.15) is 0 Å². The van der Waals surface area contributed by atoms with Crippen LogP contribution < -0.4 is 0 Å². The monoisotopic (exact) mass is 271 g/mol. The van der Waals surface area contributed by atoms with Crippen LogP contribution in [-0.2, 0) is 11.3 Å². The second kappa shape index (κ2) is 6.87. The van der Waals surface area contributed by atoms with Crippen molar-refractivity contribution in [3.63, 3.8) is 0 Å². The third-order valence-corrected chi connectivity index (χ3v) is 3.53. The molecule has 5 heteroatoms. The molecule has 1 aromatic rings. The number of aliphatic hydroxyl groups excluding tert-OH is 1. The Hall–Kier alpha value is -0.910. The Morgan fingerprint density at radius 2 is 2.17 bits per heavy atom. The first-order valence-electron chi connectivity index (χ1n) is 6.01. The van der Waals surface area contributed by atoms with Crippen molar-refractivity contribution in [2.45, 2.75) is 39.5 Å². The molecule has 1 unspecified atom stereocenters. The Morgan fingerprint density at radius 1 is 1.50 bits per heavy atom. The van der Waals surface area contributed by atoms with E-state index in [1.165, 1.54) is 11.3 Å². The lowest BCUT2D eigenvalue weighted by molar-refractivity contribution is 0.0580. The number of carbonyl (C=O) groups is 1. The van der Waals surface area contributed by atoms with Gasteiger partial charge in [0.25, 0.3) is 5.91 Å². The maximum absolute atomic E-state index is 12.4. The van der Waals surface area contributed by atoms with Gasteiger partial charge in [0.2, 0.25) is 0 Å². The number of carbonyl (C=O) groups excluding carboxylic acids is 1. The summed E-state index contributed by atoms with van der Waals surface area (Å²) in [6.45, 7) is 6.37. The van der Waals surface area contributed by atoms with Crippen molar-refractivity contribution >= 4 is 17.2 Å². The molecular formula is C13H21NO3S. The predicted octanol–water partition coefficient (Wildman–Crippen LogP) is 2.13. The molecule has 0 saturated carbocycles. The van der Waals surface area contributed by atoms with E-state index in [4.69, 9.17) is 4.74 Å². The molecule has 0 radical (unpaired) electrons. The van der Waals surface area contributed by atoms with E-state index in [1.54, 1.807) is 18.9 Å². The number of aliphatic hydroxyl groups is 1. The molecule has 0 aromatic carbocycles. The molecule has 0 aliphatic rings. The first-order valence-corrected chi connectivity index (χ1v) is 6.89. The van der Waals surface area contributed by atoms with Gasteiger partial charge in [-0.05, 0) is 32.2 Å². The highest BCUT2D eigenvalue weighted by molar-refractivity contribution is 7.12. The van der Waals surface area contributed by atoms with Crippen molar-refractivity contribution in [1.82, 2.24) is 4.90 Å². The number of rotatable bonds is 6. The van der Waals surface area contributed by atoms with Gasteiger partial charge in [-0.3, -0.25) is 4.79 Å². The molecule has 0 bridgehead atoms. The molecule has 1 N–H and O–H groups in total. The van der Waals surface area contributed by atoms with Crippen LogP contribution >= 0.6 is 11.3 Å². The molecule has 0 fully saturated rings. The van der Waals surface area contributed by atoms with E-state index in [9.17, 15) is 9.90 Å². The SMILES string of the molecule is COCc1ccsc1C(=O)N(CC(C)O)C(C)C. The zero-order valence-corrected chi connectivity index (χ0v) is 12.2. The molecule has 1 amide bonds. The molecular weight excluding hydrogens is 250 g/mol. The minimum Gasteiger partial charge on any atom is -0.392 e. The standard InChI is InChI=1S/C13H21NO3S/c1-9(2)14(7-10(3)15)13(16)12-11(8-17-4)5-6-18-12/h5-6,9-10,15H,7-8H2,1-4H3. The summed E-state index contributed by atoms with van der Waals surface area (Å²) in [5.41, 5.74) is 0.906. The Morgan fingerprint density at radius 3 is 2.67 bits per heavy atom. The van der Waals surface area contributed by atoms with Crippen molar-refractivity contribution in [3.05, 3.63) is 21.9 Å². The van der Waals surface area contributed by atoms with Crippen LogP contribution in [-0.4, -0.2) is 41.7 Å². The van der Waals surface area contributed by atoms with E-state index in [-0.39, 0.29) is 11.9 Å². The molecule has 4 nitrogen and oxygen atoms in total. The fraction of sp³-hybridized carbons (Fsp3) is 0.615. The number of ether oxygens (including phenoxy) is 1. The maximum atomic E-state index is 12.4. The third kappa shape index (κ3) is 3.80. The molecule has 102 valence electrons. The predicted molar refractivity (Wildman–Crippen MR) is 72.9 cm³/mol. The third-order valence-electron chi connectivity index (χ3n) is 2.59. The maximum Gasteiger partial charge on any atom is 0.264 e. The number of nitrogens with zero attached hydrogens (tertiary/aromatic N) is 1. The van der Waals surface area contributed by atoms with E-state index >= 15 is 0 Å². The van der Waals surface area contributed by atoms with Crippen molar-refractivity contribution in [2.24, 2.45) is 0 Å². The largest absolute Gasteiger partial charge is 0.392 e. The van der Waals surface area contributed by atoms with E-state index in [0.29, 0.717) is 18.0 Å². The van der Waals surface area contributed by atoms with Gasteiger partial charge >= 0.3 is 0 Å². The van der Waals surface area contributed by atoms with Gasteiger partial charge in [0.1, 0.15) is 0 Å². The fourth-order valence-electron chi connectivity index (χ4n) is 1.74. The van der Waals surface area contributed by atoms with Crippen LogP contribution in [0.2, 0.25) is 0 Å². The van der Waals surface area contributed by atoms with Crippen LogP contribution in [0.15, 0.2) is 11.4 Å². The van der Waals surface area contributed by atoms with Gasteiger partial charge < -0.3 is 14.7 Å². The number of hydrogen-bond donors (Lipinski definition) is 1. The Kier molecular flexibility index (Phi) is 5.78. The average molecular weight is 271 g/mol. The minimum atomic E-state index is -0.526. The van der Waals surface area contributed by atoms with Gasteiger partial charge in [0, 0.05) is 25.3 Å². The number of thiophene rings is 1. The highest BCUT2D eigenvalue weighted by Gasteiger charge is 2.23. The minimum absolute atomic E-state index is 0.0343. The van der Waals surface area contributed by atoms with Gasteiger partial charge in [0.05, 0.1) is 17.6 Å². The lowest BCUT2D eigenvalue weighted by Gasteiger charge is -2.28. The number of methoxy groups -OCH3 is 1. The van der Waals surface area contributed by atoms with Crippen LogP contribution in [0.5, 0.6) is 0 Å². The van der Waals surface area contributed by atoms with Crippen molar-refractivity contribution < 1.29 is 14.6 Å². The van der Waals surface area contributed by atoms with E-state index in [1.807, 2.05) is 25.3 Å². The zero-order valence-electron chi connectivity index (χ0n) is 11.3. The summed E-state index contributed by atoms with van der Waals surface area (Å²) in [5, 5.41) is 11.4. The smallest absolute Gasteiger partial charge is 0.264 e. The summed E-state index contributed by atoms with van der Waals surface area (Å²) in [5.74, 6) is -0.0343. The van der Waals surface area contributed by atoms with Crippen molar-refractivity contribution in [3.8, 4) is 0 Å². The first kappa shape index (κ1) is 15.1. The van der Waals surface area contributed by atoms with E-state index in [2.05, 4.69) is 0 Å². The van der Waals surface area contributed by atoms with Gasteiger partial charge in [-0.15, -0.1) is 11.3 Å². The lowest BCUT2D eigenvalue weighted by Crippen LogP contribution is -2.41. The molecule has 1 aromatic heterocycles. The molecule has 1 rings (SSSR count). The zero-order chi connectivity index (χ0) is 13.7. The van der Waals surface area contributed by atoms with Crippen LogP contribution in [0, 0.1) is 0 Å². The summed E-state index contributed by atoms with van der Waals surface area (Å²) in [4.78, 5) is 14.8. The summed E-state index contributed by atoms with van der Waals surface area (Å²) in [6.07, 6.45) is -0.526. The highest BCUT2D eigenvalue weighted by atomic mass is 32.1. The summed E-state index contributed by atoms with van der Waals surface area (Å²) in [6, 6.07) is 1.96. The van der Waals surface area contributed by atoms with E-state index in [0.717, 1.165) is 5.56 Å². The van der Waals surface area contributed by atoms with Crippen LogP contribution in [0.3, 0.4) is 0 Å². The quantitative estimate of drug-likeness (QED) is 0.862. The summed E-state index contributed by atoms with van der Waals surface area (Å²) >= 11 is 1.42. The average Bonchev–Trinajstić information content (AvgIpc) is 2.73. The lowest BCUT2D eigenvalue weighted by atomic mass is 10.2. The Bertz CT molecular complexity index is 387. The number of amides is 1.